The molecule has 0 unspecified atom stereocenters. The highest BCUT2D eigenvalue weighted by molar-refractivity contribution is 5.89. The van der Waals surface area contributed by atoms with E-state index >= 15 is 0 Å². The van der Waals surface area contributed by atoms with Crippen LogP contribution in [0.25, 0.3) is 10.9 Å². The molecule has 0 spiro atoms. The Kier molecular flexibility index (Phi) is 6.11. The Hall–Kier alpha value is -4.21. The molecule has 2 aromatic carbocycles. The van der Waals surface area contributed by atoms with E-state index < -0.39 is 0 Å². The summed E-state index contributed by atoms with van der Waals surface area (Å²) in [4.78, 5) is 25.0. The van der Waals surface area contributed by atoms with Crippen molar-refractivity contribution < 1.29 is 14.3 Å². The fourth-order valence-corrected chi connectivity index (χ4v) is 3.39. The molecule has 0 saturated heterocycles. The number of benzene rings is 2. The molecule has 0 radical (unpaired) electrons. The summed E-state index contributed by atoms with van der Waals surface area (Å²) in [5, 5.41) is 15.5. The lowest BCUT2D eigenvalue weighted by molar-refractivity contribution is -0.116. The number of hydrogen-bond donors (Lipinski definition) is 1. The van der Waals surface area contributed by atoms with Crippen LogP contribution in [0.3, 0.4) is 0 Å². The van der Waals surface area contributed by atoms with Gasteiger partial charge in [0.2, 0.25) is 5.91 Å². The number of aromatic nitrogens is 5. The minimum absolute atomic E-state index is 0.0561. The van der Waals surface area contributed by atoms with Gasteiger partial charge in [-0.3, -0.25) is 9.59 Å². The summed E-state index contributed by atoms with van der Waals surface area (Å²) < 4.78 is 13.7. The van der Waals surface area contributed by atoms with Gasteiger partial charge in [0.25, 0.3) is 5.56 Å². The van der Waals surface area contributed by atoms with Crippen LogP contribution in [-0.2, 0) is 17.9 Å². The van der Waals surface area contributed by atoms with Gasteiger partial charge in [0.05, 0.1) is 38.9 Å². The van der Waals surface area contributed by atoms with Gasteiger partial charge in [0, 0.05) is 18.1 Å². The third-order valence-corrected chi connectivity index (χ3v) is 4.97. The molecule has 0 aliphatic carbocycles. The lowest BCUT2D eigenvalue weighted by atomic mass is 10.2. The van der Waals surface area contributed by atoms with E-state index in [4.69, 9.17) is 9.47 Å². The predicted molar refractivity (Wildman–Crippen MR) is 118 cm³/mol. The van der Waals surface area contributed by atoms with Crippen LogP contribution in [0.5, 0.6) is 11.5 Å². The summed E-state index contributed by atoms with van der Waals surface area (Å²) in [7, 11) is 3.15. The SMILES string of the molecule is COc1cccc(Cn2nccc2NC(=O)CCn2nnc3ccccc3c2=O)c1OC. The van der Waals surface area contributed by atoms with Gasteiger partial charge in [0.15, 0.2) is 11.5 Å². The highest BCUT2D eigenvalue weighted by atomic mass is 16.5. The van der Waals surface area contributed by atoms with Crippen LogP contribution in [-0.4, -0.2) is 44.9 Å². The number of carbonyl (C=O) groups excluding carboxylic acids is 1. The van der Waals surface area contributed by atoms with Crippen LogP contribution in [0.4, 0.5) is 5.82 Å². The van der Waals surface area contributed by atoms with Crippen LogP contribution in [0.15, 0.2) is 59.5 Å². The second-order valence-corrected chi connectivity index (χ2v) is 6.96. The summed E-state index contributed by atoms with van der Waals surface area (Å²) in [6.45, 7) is 0.485. The molecule has 164 valence electrons. The zero-order chi connectivity index (χ0) is 22.5. The lowest BCUT2D eigenvalue weighted by Crippen LogP contribution is -2.27. The fourth-order valence-electron chi connectivity index (χ4n) is 3.39. The number of fused-ring (bicyclic) bond motifs is 1. The fraction of sp³-hybridized carbons (Fsp3) is 0.227. The smallest absolute Gasteiger partial charge is 0.277 e. The average Bonchev–Trinajstić information content (AvgIpc) is 3.24. The van der Waals surface area contributed by atoms with Crippen molar-refractivity contribution >= 4 is 22.6 Å². The number of hydrogen-bond acceptors (Lipinski definition) is 7. The quantitative estimate of drug-likeness (QED) is 0.452. The topological polar surface area (TPSA) is 113 Å². The predicted octanol–water partition coefficient (Wildman–Crippen LogP) is 2.08. The molecule has 4 rings (SSSR count). The third-order valence-electron chi connectivity index (χ3n) is 4.97. The normalized spacial score (nSPS) is 10.8. The Morgan fingerprint density at radius 1 is 1.03 bits per heavy atom. The second kappa shape index (κ2) is 9.29. The molecule has 10 nitrogen and oxygen atoms in total. The molecule has 0 aliphatic heterocycles. The average molecular weight is 434 g/mol. The van der Waals surface area contributed by atoms with E-state index in [1.54, 1.807) is 55.4 Å². The van der Waals surface area contributed by atoms with Crippen LogP contribution < -0.4 is 20.3 Å². The van der Waals surface area contributed by atoms with Crippen molar-refractivity contribution in [2.75, 3.05) is 19.5 Å². The summed E-state index contributed by atoms with van der Waals surface area (Å²) in [6, 6.07) is 14.2. The maximum Gasteiger partial charge on any atom is 0.277 e. The number of para-hydroxylation sites is 1. The molecule has 1 N–H and O–H groups in total. The number of carbonyl (C=O) groups is 1. The Labute approximate surface area is 183 Å². The van der Waals surface area contributed by atoms with E-state index in [9.17, 15) is 9.59 Å². The highest BCUT2D eigenvalue weighted by Gasteiger charge is 2.14. The molecule has 0 aliphatic rings. The molecule has 1 amide bonds. The van der Waals surface area contributed by atoms with Crippen molar-refractivity contribution in [3.05, 3.63) is 70.6 Å². The van der Waals surface area contributed by atoms with Gasteiger partial charge in [-0.15, -0.1) is 5.10 Å². The third kappa shape index (κ3) is 4.29. The molecule has 4 aromatic rings. The minimum Gasteiger partial charge on any atom is -0.493 e. The van der Waals surface area contributed by atoms with Crippen LogP contribution in [0.2, 0.25) is 0 Å². The van der Waals surface area contributed by atoms with E-state index in [1.807, 2.05) is 18.2 Å². The van der Waals surface area contributed by atoms with Crippen molar-refractivity contribution in [3.8, 4) is 11.5 Å². The van der Waals surface area contributed by atoms with Crippen LogP contribution in [0.1, 0.15) is 12.0 Å². The van der Waals surface area contributed by atoms with Gasteiger partial charge >= 0.3 is 0 Å². The van der Waals surface area contributed by atoms with E-state index in [-0.39, 0.29) is 24.4 Å². The second-order valence-electron chi connectivity index (χ2n) is 6.96. The number of amides is 1. The molecular weight excluding hydrogens is 412 g/mol. The Morgan fingerprint density at radius 2 is 1.88 bits per heavy atom. The van der Waals surface area contributed by atoms with Crippen molar-refractivity contribution in [1.29, 1.82) is 0 Å². The van der Waals surface area contributed by atoms with Gasteiger partial charge in [-0.2, -0.15) is 5.10 Å². The molecule has 0 fully saturated rings. The zero-order valence-corrected chi connectivity index (χ0v) is 17.7. The molecule has 10 heteroatoms. The first-order valence-electron chi connectivity index (χ1n) is 9.94. The van der Waals surface area contributed by atoms with Crippen LogP contribution in [0, 0.1) is 0 Å². The zero-order valence-electron chi connectivity index (χ0n) is 17.7. The van der Waals surface area contributed by atoms with E-state index in [2.05, 4.69) is 20.7 Å². The first kappa shape index (κ1) is 21.0. The van der Waals surface area contributed by atoms with Crippen molar-refractivity contribution in [3.63, 3.8) is 0 Å². The summed E-state index contributed by atoms with van der Waals surface area (Å²) in [5.74, 6) is 1.48. The Balaban J connectivity index is 1.44. The van der Waals surface area contributed by atoms with Gasteiger partial charge in [-0.1, -0.05) is 29.5 Å². The number of anilines is 1. The molecular formula is C22H22N6O4. The van der Waals surface area contributed by atoms with Crippen molar-refractivity contribution in [2.45, 2.75) is 19.5 Å². The Morgan fingerprint density at radius 3 is 2.69 bits per heavy atom. The van der Waals surface area contributed by atoms with Crippen molar-refractivity contribution in [2.24, 2.45) is 0 Å². The molecule has 0 atom stereocenters. The number of methoxy groups -OCH3 is 2. The lowest BCUT2D eigenvalue weighted by Gasteiger charge is -2.14. The molecule has 32 heavy (non-hydrogen) atoms. The largest absolute Gasteiger partial charge is 0.493 e. The summed E-state index contributed by atoms with van der Waals surface area (Å²) in [5.41, 5.74) is 1.10. The van der Waals surface area contributed by atoms with E-state index in [1.165, 1.54) is 4.68 Å². The van der Waals surface area contributed by atoms with Gasteiger partial charge in [-0.25, -0.2) is 9.36 Å². The number of ether oxygens (including phenoxy) is 2. The molecule has 0 saturated carbocycles. The number of nitrogens with zero attached hydrogens (tertiary/aromatic N) is 5. The van der Waals surface area contributed by atoms with Crippen molar-refractivity contribution in [1.82, 2.24) is 24.8 Å². The van der Waals surface area contributed by atoms with Gasteiger partial charge in [0.1, 0.15) is 11.3 Å². The summed E-state index contributed by atoms with van der Waals surface area (Å²) >= 11 is 0. The number of aryl methyl sites for hydroxylation is 1. The molecule has 2 heterocycles. The first-order chi connectivity index (χ1) is 15.6. The minimum atomic E-state index is -0.279. The first-order valence-corrected chi connectivity index (χ1v) is 9.94. The standard InChI is InChI=1S/C22H22N6O4/c1-31-18-9-5-6-15(21(18)32-2)14-28-19(10-12-23-28)24-20(29)11-13-27-22(30)16-7-3-4-8-17(16)25-26-27/h3-10,12H,11,13-14H2,1-2H3,(H,24,29). The van der Waals surface area contributed by atoms with Gasteiger partial charge in [-0.05, 0) is 18.2 Å². The number of rotatable bonds is 8. The van der Waals surface area contributed by atoms with Gasteiger partial charge < -0.3 is 14.8 Å². The van der Waals surface area contributed by atoms with E-state index in [0.29, 0.717) is 34.8 Å². The molecule has 2 aromatic heterocycles. The summed E-state index contributed by atoms with van der Waals surface area (Å²) in [6.07, 6.45) is 1.65. The molecule has 0 bridgehead atoms. The monoisotopic (exact) mass is 434 g/mol. The Bertz CT molecular complexity index is 1310. The van der Waals surface area contributed by atoms with E-state index in [0.717, 1.165) is 5.56 Å². The maximum atomic E-state index is 12.5. The van der Waals surface area contributed by atoms with Crippen LogP contribution >= 0.6 is 0 Å². The maximum absolute atomic E-state index is 12.5. The number of nitrogens with one attached hydrogen (secondary N) is 1. The highest BCUT2D eigenvalue weighted by Crippen LogP contribution is 2.31.